The van der Waals surface area contributed by atoms with Crippen LogP contribution in [0.3, 0.4) is 0 Å². The number of aliphatic hydroxyl groups is 2. The second-order valence-corrected chi connectivity index (χ2v) is 8.21. The van der Waals surface area contributed by atoms with Crippen molar-refractivity contribution in [2.75, 3.05) is 31.2 Å². The number of aliphatic hydroxyl groups excluding tert-OH is 2. The Balaban J connectivity index is 0.00000300. The van der Waals surface area contributed by atoms with Crippen LogP contribution < -0.4 is 39.6 Å². The molecule has 1 aromatic carbocycles. The van der Waals surface area contributed by atoms with Gasteiger partial charge in [-0.2, -0.15) is 0 Å². The number of carbonyl (C=O) groups is 1. The summed E-state index contributed by atoms with van der Waals surface area (Å²) in [4.78, 5) is 16.1. The van der Waals surface area contributed by atoms with Gasteiger partial charge >= 0.3 is 29.6 Å². The second kappa shape index (κ2) is 11.7. The van der Waals surface area contributed by atoms with E-state index < -0.39 is 5.97 Å². The fourth-order valence-corrected chi connectivity index (χ4v) is 4.58. The quantitative estimate of drug-likeness (QED) is 0.454. The molecule has 0 radical (unpaired) electrons. The van der Waals surface area contributed by atoms with E-state index >= 15 is 0 Å². The van der Waals surface area contributed by atoms with Gasteiger partial charge in [-0.1, -0.05) is 18.2 Å². The normalized spacial score (nSPS) is 10.8. The van der Waals surface area contributed by atoms with Crippen molar-refractivity contribution in [3.05, 3.63) is 63.8 Å². The van der Waals surface area contributed by atoms with E-state index in [9.17, 15) is 9.90 Å². The average molecular weight is 438 g/mol. The molecule has 0 saturated heterocycles. The van der Waals surface area contributed by atoms with Crippen LogP contribution in [0.5, 0.6) is 0 Å². The largest absolute Gasteiger partial charge is 1.00 e. The Hall–Kier alpha value is -1.45. The molecule has 2 heterocycles. The van der Waals surface area contributed by atoms with Crippen molar-refractivity contribution in [1.82, 2.24) is 0 Å². The van der Waals surface area contributed by atoms with E-state index in [1.165, 1.54) is 11.3 Å². The molecule has 29 heavy (non-hydrogen) atoms. The minimum Gasteiger partial charge on any atom is -0.544 e. The van der Waals surface area contributed by atoms with Crippen molar-refractivity contribution in [2.24, 2.45) is 0 Å². The minimum absolute atomic E-state index is 0. The SMILES string of the molecule is O=C([O-])c1ccc(-c2ccc(C=Cc3ccc(N(CCO)CCO)cc3)s2)s1.[Na+]. The van der Waals surface area contributed by atoms with E-state index in [2.05, 4.69) is 0 Å². The van der Waals surface area contributed by atoms with Gasteiger partial charge in [-0.25, -0.2) is 0 Å². The summed E-state index contributed by atoms with van der Waals surface area (Å²) in [5.41, 5.74) is 2.00. The van der Waals surface area contributed by atoms with Crippen LogP contribution in [-0.2, 0) is 0 Å². The molecule has 0 atom stereocenters. The maximum absolute atomic E-state index is 10.9. The summed E-state index contributed by atoms with van der Waals surface area (Å²) in [6.07, 6.45) is 4.04. The first kappa shape index (κ1) is 23.8. The Morgan fingerprint density at radius 3 is 2.10 bits per heavy atom. The van der Waals surface area contributed by atoms with E-state index in [-0.39, 0.29) is 47.6 Å². The molecule has 0 unspecified atom stereocenters. The fourth-order valence-electron chi connectivity index (χ4n) is 2.74. The molecular weight excluding hydrogens is 417 g/mol. The smallest absolute Gasteiger partial charge is 0.544 e. The topological polar surface area (TPSA) is 83.8 Å². The molecule has 3 aromatic rings. The Labute approximate surface area is 199 Å². The number of carbonyl (C=O) groups excluding carboxylic acids is 1. The summed E-state index contributed by atoms with van der Waals surface area (Å²) in [7, 11) is 0. The van der Waals surface area contributed by atoms with Gasteiger partial charge in [0.1, 0.15) is 0 Å². The van der Waals surface area contributed by atoms with Crippen LogP contribution in [0.15, 0.2) is 48.5 Å². The van der Waals surface area contributed by atoms with Gasteiger partial charge in [0.25, 0.3) is 0 Å². The predicted molar refractivity (Wildman–Crippen MR) is 114 cm³/mol. The van der Waals surface area contributed by atoms with E-state index in [1.54, 1.807) is 23.5 Å². The monoisotopic (exact) mass is 437 g/mol. The number of carboxylic acids is 1. The molecule has 0 amide bonds. The van der Waals surface area contributed by atoms with Crippen LogP contribution in [0.1, 0.15) is 20.1 Å². The molecule has 0 aliphatic rings. The van der Waals surface area contributed by atoms with Gasteiger partial charge in [0.05, 0.1) is 24.1 Å². The molecule has 0 aliphatic carbocycles. The van der Waals surface area contributed by atoms with Gasteiger partial charge < -0.3 is 25.0 Å². The van der Waals surface area contributed by atoms with Gasteiger partial charge in [-0.3, -0.25) is 0 Å². The van der Waals surface area contributed by atoms with Crippen LogP contribution in [0.4, 0.5) is 5.69 Å². The minimum atomic E-state index is -1.15. The molecule has 8 heteroatoms. The molecule has 2 aromatic heterocycles. The van der Waals surface area contributed by atoms with Crippen LogP contribution in [0, 0.1) is 0 Å². The zero-order chi connectivity index (χ0) is 19.9. The number of nitrogens with zero attached hydrogens (tertiary/aromatic N) is 1. The van der Waals surface area contributed by atoms with Crippen molar-refractivity contribution < 1.29 is 49.7 Å². The van der Waals surface area contributed by atoms with Gasteiger partial charge in [-0.05, 0) is 48.0 Å². The number of hydrogen-bond acceptors (Lipinski definition) is 7. The standard InChI is InChI=1S/C21H21NO4S2.Na/c23-13-11-22(12-14-24)16-4-1-15(2-5-16)3-6-17-7-8-18(27-17)19-9-10-20(28-19)21(25)26;/h1-10,23-24H,11-14H2,(H,25,26);/q;+1/p-1. The van der Waals surface area contributed by atoms with E-state index in [0.717, 1.165) is 25.9 Å². The molecule has 0 spiro atoms. The van der Waals surface area contributed by atoms with Crippen molar-refractivity contribution >= 4 is 46.5 Å². The Kier molecular flexibility index (Phi) is 9.58. The maximum Gasteiger partial charge on any atom is 1.00 e. The zero-order valence-electron chi connectivity index (χ0n) is 16.1. The molecule has 0 fully saturated rings. The zero-order valence-corrected chi connectivity index (χ0v) is 19.7. The van der Waals surface area contributed by atoms with Crippen LogP contribution in [-0.4, -0.2) is 42.5 Å². The first-order valence-corrected chi connectivity index (χ1v) is 10.4. The molecule has 3 rings (SSSR count). The number of benzene rings is 1. The molecule has 0 aliphatic heterocycles. The third-order valence-electron chi connectivity index (χ3n) is 4.11. The number of aromatic carboxylic acids is 1. The molecule has 2 N–H and O–H groups in total. The third-order valence-corrected chi connectivity index (χ3v) is 6.43. The molecule has 5 nitrogen and oxygen atoms in total. The molecule has 0 saturated carbocycles. The van der Waals surface area contributed by atoms with Crippen LogP contribution in [0.25, 0.3) is 21.9 Å². The first-order chi connectivity index (χ1) is 13.6. The number of carboxylic acid groups (broad SMARTS) is 1. The summed E-state index contributed by atoms with van der Waals surface area (Å²) < 4.78 is 0. The van der Waals surface area contributed by atoms with Crippen LogP contribution >= 0.6 is 22.7 Å². The van der Waals surface area contributed by atoms with Crippen LogP contribution in [0.2, 0.25) is 0 Å². The Morgan fingerprint density at radius 2 is 1.52 bits per heavy atom. The summed E-state index contributed by atoms with van der Waals surface area (Å²) in [6, 6.07) is 15.3. The van der Waals surface area contributed by atoms with Crippen molar-refractivity contribution in [1.29, 1.82) is 0 Å². The Bertz CT molecular complexity index is 944. The van der Waals surface area contributed by atoms with Gasteiger partial charge in [0.2, 0.25) is 0 Å². The molecule has 146 valence electrons. The molecule has 0 bridgehead atoms. The summed E-state index contributed by atoms with van der Waals surface area (Å²) >= 11 is 2.82. The van der Waals surface area contributed by atoms with Gasteiger partial charge in [0.15, 0.2) is 0 Å². The summed E-state index contributed by atoms with van der Waals surface area (Å²) in [5.74, 6) is -1.15. The molecular formula is C21H20NNaO4S2. The van der Waals surface area contributed by atoms with E-state index in [0.29, 0.717) is 13.1 Å². The second-order valence-electron chi connectivity index (χ2n) is 6.01. The average Bonchev–Trinajstić information content (AvgIpc) is 3.36. The van der Waals surface area contributed by atoms with Gasteiger partial charge in [0, 0.05) is 33.4 Å². The van der Waals surface area contributed by atoms with Crippen molar-refractivity contribution in [3.8, 4) is 9.75 Å². The fraction of sp³-hybridized carbons (Fsp3) is 0.190. The van der Waals surface area contributed by atoms with Gasteiger partial charge in [-0.15, -0.1) is 22.7 Å². The summed E-state index contributed by atoms with van der Waals surface area (Å²) in [6.45, 7) is 1.04. The van der Waals surface area contributed by atoms with Crippen molar-refractivity contribution in [2.45, 2.75) is 0 Å². The number of anilines is 1. The van der Waals surface area contributed by atoms with Crippen molar-refractivity contribution in [3.63, 3.8) is 0 Å². The predicted octanol–water partition coefficient (Wildman–Crippen LogP) is -0.195. The number of hydrogen-bond donors (Lipinski definition) is 2. The van der Waals surface area contributed by atoms with E-state index in [1.807, 2.05) is 53.5 Å². The number of rotatable bonds is 9. The third kappa shape index (κ3) is 6.52. The first-order valence-electron chi connectivity index (χ1n) is 8.77. The Morgan fingerprint density at radius 1 is 0.897 bits per heavy atom. The maximum atomic E-state index is 10.9. The van der Waals surface area contributed by atoms with E-state index in [4.69, 9.17) is 10.2 Å². The summed E-state index contributed by atoms with van der Waals surface area (Å²) in [5, 5.41) is 29.2. The number of thiophene rings is 2.